The summed E-state index contributed by atoms with van der Waals surface area (Å²) in [5.41, 5.74) is 7.70. The Morgan fingerprint density at radius 2 is 2.15 bits per heavy atom. The normalized spacial score (nSPS) is 10.6. The lowest BCUT2D eigenvalue weighted by atomic mass is 10.3. The Labute approximate surface area is 128 Å². The minimum absolute atomic E-state index is 0.00578. The predicted molar refractivity (Wildman–Crippen MR) is 85.2 cm³/mol. The first kappa shape index (κ1) is 14.8. The average molecular weight is 356 g/mol. The van der Waals surface area contributed by atoms with Crippen molar-refractivity contribution in [2.45, 2.75) is 20.4 Å². The number of nitrogens with two attached hydrogens (primary N) is 1. The van der Waals surface area contributed by atoms with Gasteiger partial charge in [-0.05, 0) is 48.0 Å². The highest BCUT2D eigenvalue weighted by molar-refractivity contribution is 9.10. The van der Waals surface area contributed by atoms with Gasteiger partial charge in [-0.25, -0.2) is 0 Å². The van der Waals surface area contributed by atoms with E-state index in [-0.39, 0.29) is 17.3 Å². The van der Waals surface area contributed by atoms with Gasteiger partial charge in [-0.2, -0.15) is 0 Å². The van der Waals surface area contributed by atoms with E-state index in [9.17, 15) is 9.59 Å². The maximum atomic E-state index is 12.0. The van der Waals surface area contributed by atoms with Crippen molar-refractivity contribution in [3.8, 4) is 0 Å². The van der Waals surface area contributed by atoms with Gasteiger partial charge in [0, 0.05) is 20.7 Å². The van der Waals surface area contributed by atoms with Gasteiger partial charge in [0.25, 0.3) is 0 Å². The molecule has 7 heteroatoms. The number of anilines is 2. The van der Waals surface area contributed by atoms with Crippen molar-refractivity contribution in [3.63, 3.8) is 0 Å². The Bertz CT molecular complexity index is 721. The number of nitrogen functional groups attached to an aromatic ring is 1. The third-order valence-corrected chi connectivity index (χ3v) is 4.60. The Balaban J connectivity index is 2.15. The van der Waals surface area contributed by atoms with Crippen molar-refractivity contribution in [1.29, 1.82) is 0 Å². The van der Waals surface area contributed by atoms with Gasteiger partial charge in [0.05, 0.1) is 5.69 Å². The molecular formula is C13H14BrN3O2S. The number of carbonyl (C=O) groups is 1. The summed E-state index contributed by atoms with van der Waals surface area (Å²) in [6.07, 6.45) is 0. The van der Waals surface area contributed by atoms with Crippen LogP contribution in [0.25, 0.3) is 0 Å². The molecule has 0 spiro atoms. The fourth-order valence-electron chi connectivity index (χ4n) is 1.74. The van der Waals surface area contributed by atoms with Crippen LogP contribution in [0, 0.1) is 13.8 Å². The second-order valence-electron chi connectivity index (χ2n) is 4.38. The van der Waals surface area contributed by atoms with E-state index in [4.69, 9.17) is 5.73 Å². The van der Waals surface area contributed by atoms with Crippen LogP contribution in [0.15, 0.2) is 27.5 Å². The van der Waals surface area contributed by atoms with Crippen molar-refractivity contribution in [3.05, 3.63) is 42.9 Å². The van der Waals surface area contributed by atoms with Crippen molar-refractivity contribution < 1.29 is 4.79 Å². The summed E-state index contributed by atoms with van der Waals surface area (Å²) in [4.78, 5) is 24.6. The summed E-state index contributed by atoms with van der Waals surface area (Å²) in [7, 11) is 0. The molecule has 0 aliphatic heterocycles. The number of amides is 1. The first-order valence-corrected chi connectivity index (χ1v) is 7.51. The zero-order chi connectivity index (χ0) is 14.9. The molecule has 2 rings (SSSR count). The van der Waals surface area contributed by atoms with Crippen LogP contribution in [0.4, 0.5) is 11.4 Å². The van der Waals surface area contributed by atoms with Gasteiger partial charge >= 0.3 is 4.87 Å². The molecule has 0 saturated carbocycles. The van der Waals surface area contributed by atoms with Crippen LogP contribution in [-0.4, -0.2) is 10.5 Å². The molecule has 3 N–H and O–H groups in total. The van der Waals surface area contributed by atoms with Gasteiger partial charge in [-0.3, -0.25) is 14.2 Å². The number of hydrogen-bond acceptors (Lipinski definition) is 4. The molecule has 20 heavy (non-hydrogen) atoms. The molecule has 0 aliphatic rings. The van der Waals surface area contributed by atoms with E-state index >= 15 is 0 Å². The molecule has 0 radical (unpaired) electrons. The topological polar surface area (TPSA) is 77.1 Å². The largest absolute Gasteiger partial charge is 0.399 e. The van der Waals surface area contributed by atoms with Crippen molar-refractivity contribution in [2.24, 2.45) is 0 Å². The van der Waals surface area contributed by atoms with E-state index in [1.54, 1.807) is 18.2 Å². The Kier molecular flexibility index (Phi) is 4.29. The minimum atomic E-state index is -0.251. The molecule has 0 fully saturated rings. The standard InChI is InChI=1S/C13H14BrN3O2S/c1-7-8(2)20-13(19)17(7)6-12(18)16-11-4-3-9(15)5-10(11)14/h3-5H,6,15H2,1-2H3,(H,16,18). The van der Waals surface area contributed by atoms with Crippen LogP contribution in [0.5, 0.6) is 0 Å². The Morgan fingerprint density at radius 3 is 2.70 bits per heavy atom. The first-order valence-electron chi connectivity index (χ1n) is 5.90. The molecule has 1 heterocycles. The zero-order valence-corrected chi connectivity index (χ0v) is 13.5. The monoisotopic (exact) mass is 355 g/mol. The summed E-state index contributed by atoms with van der Waals surface area (Å²) in [5.74, 6) is -0.251. The van der Waals surface area contributed by atoms with Crippen molar-refractivity contribution in [2.75, 3.05) is 11.1 Å². The van der Waals surface area contributed by atoms with Crippen molar-refractivity contribution >= 4 is 44.5 Å². The number of halogens is 1. The van der Waals surface area contributed by atoms with Crippen LogP contribution < -0.4 is 15.9 Å². The van der Waals surface area contributed by atoms with Gasteiger partial charge in [-0.15, -0.1) is 0 Å². The number of nitrogens with zero attached hydrogens (tertiary/aromatic N) is 1. The summed E-state index contributed by atoms with van der Waals surface area (Å²) < 4.78 is 2.18. The molecular weight excluding hydrogens is 342 g/mol. The maximum absolute atomic E-state index is 12.0. The number of hydrogen-bond donors (Lipinski definition) is 2. The molecule has 1 aromatic carbocycles. The highest BCUT2D eigenvalue weighted by Gasteiger charge is 2.12. The lowest BCUT2D eigenvalue weighted by molar-refractivity contribution is -0.116. The maximum Gasteiger partial charge on any atom is 0.308 e. The van der Waals surface area contributed by atoms with Gasteiger partial charge in [-0.1, -0.05) is 11.3 Å². The van der Waals surface area contributed by atoms with Crippen LogP contribution in [-0.2, 0) is 11.3 Å². The highest BCUT2D eigenvalue weighted by atomic mass is 79.9. The van der Waals surface area contributed by atoms with E-state index in [1.165, 1.54) is 4.57 Å². The van der Waals surface area contributed by atoms with Gasteiger partial charge in [0.1, 0.15) is 6.54 Å². The van der Waals surface area contributed by atoms with Gasteiger partial charge in [0.15, 0.2) is 0 Å². The van der Waals surface area contributed by atoms with E-state index in [1.807, 2.05) is 13.8 Å². The van der Waals surface area contributed by atoms with E-state index < -0.39 is 0 Å². The van der Waals surface area contributed by atoms with Gasteiger partial charge in [0.2, 0.25) is 5.91 Å². The van der Waals surface area contributed by atoms with E-state index in [0.717, 1.165) is 21.9 Å². The van der Waals surface area contributed by atoms with Crippen molar-refractivity contribution in [1.82, 2.24) is 4.57 Å². The van der Waals surface area contributed by atoms with Gasteiger partial charge < -0.3 is 11.1 Å². The van der Waals surface area contributed by atoms with Crippen LogP contribution in [0.1, 0.15) is 10.6 Å². The number of aromatic nitrogens is 1. The molecule has 1 aromatic heterocycles. The van der Waals surface area contributed by atoms with Crippen LogP contribution in [0.3, 0.4) is 0 Å². The average Bonchev–Trinajstić information content (AvgIpc) is 2.60. The second-order valence-corrected chi connectivity index (χ2v) is 6.40. The SMILES string of the molecule is Cc1sc(=O)n(CC(=O)Nc2ccc(N)cc2Br)c1C. The fraction of sp³-hybridized carbons (Fsp3) is 0.231. The van der Waals surface area contributed by atoms with E-state index in [2.05, 4.69) is 21.2 Å². The number of rotatable bonds is 3. The lowest BCUT2D eigenvalue weighted by Crippen LogP contribution is -2.25. The van der Waals surface area contributed by atoms with Crippen LogP contribution in [0.2, 0.25) is 0 Å². The zero-order valence-electron chi connectivity index (χ0n) is 11.1. The smallest absolute Gasteiger partial charge is 0.308 e. The number of benzene rings is 1. The van der Waals surface area contributed by atoms with E-state index in [0.29, 0.717) is 15.8 Å². The summed E-state index contributed by atoms with van der Waals surface area (Å²) >= 11 is 4.48. The van der Waals surface area contributed by atoms with Crippen LogP contribution >= 0.6 is 27.3 Å². The molecule has 2 aromatic rings. The molecule has 0 aliphatic carbocycles. The number of aryl methyl sites for hydroxylation is 1. The third-order valence-electron chi connectivity index (χ3n) is 2.94. The molecule has 106 valence electrons. The molecule has 0 unspecified atom stereocenters. The fourth-order valence-corrected chi connectivity index (χ4v) is 3.06. The number of nitrogens with one attached hydrogen (secondary N) is 1. The predicted octanol–water partition coefficient (Wildman–Crippen LogP) is 2.51. The summed E-state index contributed by atoms with van der Waals surface area (Å²) in [6.45, 7) is 3.71. The summed E-state index contributed by atoms with van der Waals surface area (Å²) in [6, 6.07) is 5.13. The molecule has 1 amide bonds. The summed E-state index contributed by atoms with van der Waals surface area (Å²) in [5, 5.41) is 2.75. The third kappa shape index (κ3) is 3.10. The second kappa shape index (κ2) is 5.80. The molecule has 0 saturated heterocycles. The Hall–Kier alpha value is -1.60. The minimum Gasteiger partial charge on any atom is -0.399 e. The highest BCUT2D eigenvalue weighted by Crippen LogP contribution is 2.24. The first-order chi connectivity index (χ1) is 9.38. The lowest BCUT2D eigenvalue weighted by Gasteiger charge is -2.09. The number of thiazole rings is 1. The molecule has 0 bridgehead atoms. The molecule has 5 nitrogen and oxygen atoms in total. The quantitative estimate of drug-likeness (QED) is 0.830. The molecule has 0 atom stereocenters. The number of carbonyl (C=O) groups excluding carboxylic acids is 1. The Morgan fingerprint density at radius 1 is 1.45 bits per heavy atom.